The molecule has 0 unspecified atom stereocenters. The molecule has 0 spiro atoms. The van der Waals surface area contributed by atoms with Crippen LogP contribution in [0, 0.1) is 13.8 Å². The number of halogens is 2. The number of nitrogens with one attached hydrogen (secondary N) is 2. The lowest BCUT2D eigenvalue weighted by atomic mass is 10.1. The van der Waals surface area contributed by atoms with Crippen molar-refractivity contribution in [3.05, 3.63) is 57.6 Å². The summed E-state index contributed by atoms with van der Waals surface area (Å²) in [5, 5.41) is 1.17. The van der Waals surface area contributed by atoms with Gasteiger partial charge in [0.2, 0.25) is 0 Å². The molecule has 18 heavy (non-hydrogen) atoms. The van der Waals surface area contributed by atoms with Crippen molar-refractivity contribution in [2.45, 2.75) is 13.8 Å². The van der Waals surface area contributed by atoms with E-state index in [2.05, 4.69) is 10.9 Å². The normalized spacial score (nSPS) is 10.2. The van der Waals surface area contributed by atoms with Crippen LogP contribution in [0.25, 0.3) is 0 Å². The van der Waals surface area contributed by atoms with Crippen LogP contribution in [0.4, 0.5) is 11.4 Å². The van der Waals surface area contributed by atoms with Crippen LogP contribution < -0.4 is 10.9 Å². The molecule has 0 aliphatic carbocycles. The molecule has 2 nitrogen and oxygen atoms in total. The van der Waals surface area contributed by atoms with Gasteiger partial charge in [-0.05, 0) is 37.1 Å². The molecule has 0 saturated carbocycles. The van der Waals surface area contributed by atoms with Gasteiger partial charge in [0.25, 0.3) is 0 Å². The maximum Gasteiger partial charge on any atom is 0.0912 e. The second kappa shape index (κ2) is 5.51. The molecule has 2 aromatic rings. The minimum Gasteiger partial charge on any atom is -0.300 e. The fourth-order valence-corrected chi connectivity index (χ4v) is 2.25. The molecule has 0 aliphatic heterocycles. The number of benzene rings is 2. The van der Waals surface area contributed by atoms with Gasteiger partial charge in [-0.25, -0.2) is 0 Å². The first kappa shape index (κ1) is 13.1. The molecule has 2 rings (SSSR count). The molecule has 0 bridgehead atoms. The monoisotopic (exact) mass is 280 g/mol. The van der Waals surface area contributed by atoms with Crippen molar-refractivity contribution in [2.24, 2.45) is 0 Å². The van der Waals surface area contributed by atoms with Crippen LogP contribution in [0.15, 0.2) is 36.4 Å². The first-order valence-corrected chi connectivity index (χ1v) is 6.37. The van der Waals surface area contributed by atoms with E-state index in [-0.39, 0.29) is 0 Å². The number of para-hydroxylation sites is 2. The Balaban J connectivity index is 2.22. The van der Waals surface area contributed by atoms with Crippen molar-refractivity contribution in [3.63, 3.8) is 0 Å². The number of anilines is 2. The Bertz CT molecular complexity index is 476. The molecular weight excluding hydrogens is 267 g/mol. The average Bonchev–Trinajstić information content (AvgIpc) is 2.31. The zero-order chi connectivity index (χ0) is 13.1. The summed E-state index contributed by atoms with van der Waals surface area (Å²) in [6, 6.07) is 11.5. The predicted molar refractivity (Wildman–Crippen MR) is 79.6 cm³/mol. The highest BCUT2D eigenvalue weighted by molar-refractivity contribution is 6.39. The van der Waals surface area contributed by atoms with Gasteiger partial charge in [0.15, 0.2) is 0 Å². The fourth-order valence-electron chi connectivity index (χ4n) is 1.75. The Labute approximate surface area is 117 Å². The van der Waals surface area contributed by atoms with Crippen molar-refractivity contribution < 1.29 is 0 Å². The molecule has 0 aromatic heterocycles. The second-order valence-corrected chi connectivity index (χ2v) is 4.93. The molecule has 2 aromatic carbocycles. The van der Waals surface area contributed by atoms with Crippen molar-refractivity contribution in [3.8, 4) is 0 Å². The van der Waals surface area contributed by atoms with E-state index in [0.717, 1.165) is 16.8 Å². The summed E-state index contributed by atoms with van der Waals surface area (Å²) in [5.41, 5.74) is 10.3. The summed E-state index contributed by atoms with van der Waals surface area (Å²) < 4.78 is 0. The molecule has 0 atom stereocenters. The highest BCUT2D eigenvalue weighted by Gasteiger charge is 2.06. The van der Waals surface area contributed by atoms with E-state index >= 15 is 0 Å². The van der Waals surface area contributed by atoms with Crippen molar-refractivity contribution in [2.75, 3.05) is 10.9 Å². The van der Waals surface area contributed by atoms with Gasteiger partial charge in [0, 0.05) is 0 Å². The van der Waals surface area contributed by atoms with Crippen LogP contribution in [-0.4, -0.2) is 0 Å². The van der Waals surface area contributed by atoms with E-state index in [1.54, 1.807) is 12.1 Å². The first-order chi connectivity index (χ1) is 8.59. The maximum absolute atomic E-state index is 6.09. The standard InChI is InChI=1S/C14H14Cl2N2/c1-9-5-3-6-10(2)13(9)17-18-14-11(15)7-4-8-12(14)16/h3-8,17-18H,1-2H3. The van der Waals surface area contributed by atoms with E-state index in [9.17, 15) is 0 Å². The van der Waals surface area contributed by atoms with Gasteiger partial charge in [0.1, 0.15) is 0 Å². The largest absolute Gasteiger partial charge is 0.300 e. The van der Waals surface area contributed by atoms with E-state index < -0.39 is 0 Å². The van der Waals surface area contributed by atoms with Crippen molar-refractivity contribution in [1.29, 1.82) is 0 Å². The summed E-state index contributed by atoms with van der Waals surface area (Å²) in [4.78, 5) is 0. The van der Waals surface area contributed by atoms with Crippen LogP contribution in [0.1, 0.15) is 11.1 Å². The predicted octanol–water partition coefficient (Wildman–Crippen LogP) is 5.05. The lowest BCUT2D eigenvalue weighted by Crippen LogP contribution is -2.11. The molecule has 0 radical (unpaired) electrons. The summed E-state index contributed by atoms with van der Waals surface area (Å²) in [5.74, 6) is 0. The van der Waals surface area contributed by atoms with Crippen LogP contribution >= 0.6 is 23.2 Å². The Morgan fingerprint density at radius 2 is 1.17 bits per heavy atom. The molecular formula is C14H14Cl2N2. The molecule has 0 aliphatic rings. The Morgan fingerprint density at radius 3 is 1.72 bits per heavy atom. The number of hydrogen-bond acceptors (Lipinski definition) is 2. The number of rotatable bonds is 3. The van der Waals surface area contributed by atoms with E-state index in [4.69, 9.17) is 23.2 Å². The highest BCUT2D eigenvalue weighted by Crippen LogP contribution is 2.30. The second-order valence-electron chi connectivity index (χ2n) is 4.11. The Kier molecular flexibility index (Phi) is 4.00. The van der Waals surface area contributed by atoms with Gasteiger partial charge in [-0.2, -0.15) is 0 Å². The van der Waals surface area contributed by atoms with Crippen molar-refractivity contribution >= 4 is 34.6 Å². The molecule has 2 N–H and O–H groups in total. The highest BCUT2D eigenvalue weighted by atomic mass is 35.5. The fraction of sp³-hybridized carbons (Fsp3) is 0.143. The Morgan fingerprint density at radius 1 is 0.722 bits per heavy atom. The van der Waals surface area contributed by atoms with E-state index in [1.807, 2.05) is 38.1 Å². The third kappa shape index (κ3) is 2.71. The molecule has 0 amide bonds. The van der Waals surface area contributed by atoms with Crippen LogP contribution in [-0.2, 0) is 0 Å². The maximum atomic E-state index is 6.09. The number of hydrogen-bond donors (Lipinski definition) is 2. The van der Waals surface area contributed by atoms with Crippen molar-refractivity contribution in [1.82, 2.24) is 0 Å². The third-order valence-electron chi connectivity index (χ3n) is 2.76. The summed E-state index contributed by atoms with van der Waals surface area (Å²) in [6.45, 7) is 4.09. The summed E-state index contributed by atoms with van der Waals surface area (Å²) >= 11 is 12.2. The lowest BCUT2D eigenvalue weighted by molar-refractivity contribution is 1.31. The van der Waals surface area contributed by atoms with Crippen LogP contribution in [0.2, 0.25) is 10.0 Å². The smallest absolute Gasteiger partial charge is 0.0912 e. The molecule has 4 heteroatoms. The van der Waals surface area contributed by atoms with Gasteiger partial charge in [-0.3, -0.25) is 5.43 Å². The van der Waals surface area contributed by atoms with Crippen LogP contribution in [0.5, 0.6) is 0 Å². The molecule has 94 valence electrons. The lowest BCUT2D eigenvalue weighted by Gasteiger charge is -2.16. The van der Waals surface area contributed by atoms with E-state index in [0.29, 0.717) is 15.7 Å². The van der Waals surface area contributed by atoms with Gasteiger partial charge in [0.05, 0.1) is 21.4 Å². The SMILES string of the molecule is Cc1cccc(C)c1NNc1c(Cl)cccc1Cl. The van der Waals surface area contributed by atoms with Gasteiger partial charge < -0.3 is 5.43 Å². The van der Waals surface area contributed by atoms with Gasteiger partial charge in [-0.1, -0.05) is 47.5 Å². The number of hydrazine groups is 1. The Hall–Kier alpha value is -1.38. The van der Waals surface area contributed by atoms with E-state index in [1.165, 1.54) is 0 Å². The summed E-state index contributed by atoms with van der Waals surface area (Å²) in [7, 11) is 0. The minimum absolute atomic E-state index is 0.584. The minimum atomic E-state index is 0.584. The average molecular weight is 281 g/mol. The van der Waals surface area contributed by atoms with Gasteiger partial charge >= 0.3 is 0 Å². The third-order valence-corrected chi connectivity index (χ3v) is 3.39. The van der Waals surface area contributed by atoms with Gasteiger partial charge in [-0.15, -0.1) is 0 Å². The number of aryl methyl sites for hydroxylation is 2. The first-order valence-electron chi connectivity index (χ1n) is 5.62. The van der Waals surface area contributed by atoms with Crippen LogP contribution in [0.3, 0.4) is 0 Å². The molecule has 0 heterocycles. The quantitative estimate of drug-likeness (QED) is 0.769. The summed E-state index contributed by atoms with van der Waals surface area (Å²) in [6.07, 6.45) is 0. The molecule has 0 fully saturated rings. The molecule has 0 saturated heterocycles. The zero-order valence-corrected chi connectivity index (χ0v) is 11.7. The zero-order valence-electron chi connectivity index (χ0n) is 10.2. The topological polar surface area (TPSA) is 24.1 Å².